The van der Waals surface area contributed by atoms with E-state index >= 15 is 0 Å². The number of rotatable bonds is 6. The fraction of sp³-hybridized carbons (Fsp3) is 0.889. The zero-order valence-electron chi connectivity index (χ0n) is 16.4. The molecule has 0 aliphatic heterocycles. The van der Waals surface area contributed by atoms with Gasteiger partial charge in [-0.05, 0) is 31.6 Å². The second kappa shape index (κ2) is 10.5. The number of hydrogen-bond donors (Lipinski definition) is 2. The van der Waals surface area contributed by atoms with Gasteiger partial charge in [0.2, 0.25) is 5.91 Å². The third-order valence-electron chi connectivity index (χ3n) is 4.47. The highest BCUT2D eigenvalue weighted by molar-refractivity contribution is 14.0. The number of nitrogens with zero attached hydrogens (tertiary/aromatic N) is 2. The van der Waals surface area contributed by atoms with Gasteiger partial charge in [0.1, 0.15) is 0 Å². The topological polar surface area (TPSA) is 56.7 Å². The van der Waals surface area contributed by atoms with Crippen molar-refractivity contribution in [2.24, 2.45) is 15.8 Å². The molecule has 1 aliphatic rings. The molecule has 0 heterocycles. The van der Waals surface area contributed by atoms with Crippen molar-refractivity contribution in [1.82, 2.24) is 15.5 Å². The first-order valence-corrected chi connectivity index (χ1v) is 8.94. The lowest BCUT2D eigenvalue weighted by molar-refractivity contribution is -0.138. The quantitative estimate of drug-likeness (QED) is 0.370. The Morgan fingerprint density at radius 1 is 1.17 bits per heavy atom. The largest absolute Gasteiger partial charge is 0.357 e. The Hall–Kier alpha value is -0.530. The number of carbonyl (C=O) groups is 1. The summed E-state index contributed by atoms with van der Waals surface area (Å²) in [5.74, 6) is 1.05. The molecule has 0 unspecified atom stereocenters. The van der Waals surface area contributed by atoms with Crippen molar-refractivity contribution in [3.05, 3.63) is 0 Å². The van der Waals surface area contributed by atoms with E-state index in [9.17, 15) is 4.79 Å². The summed E-state index contributed by atoms with van der Waals surface area (Å²) in [6.07, 6.45) is 5.25. The summed E-state index contributed by atoms with van der Waals surface area (Å²) in [7, 11) is 3.69. The predicted octanol–water partition coefficient (Wildman–Crippen LogP) is 3.24. The monoisotopic (exact) mass is 452 g/mol. The molecule has 1 saturated carbocycles. The van der Waals surface area contributed by atoms with Crippen LogP contribution in [0.5, 0.6) is 0 Å². The summed E-state index contributed by atoms with van der Waals surface area (Å²) in [6.45, 7) is 11.1. The molecule has 0 radical (unpaired) electrons. The number of guanidine groups is 1. The standard InChI is InChI=1S/C18H36N4O.HI/c1-7-19-16(20-13-12-17(2,3)4)21-14-18(10-8-9-11-18)15(23)22(5)6;/h7-14H2,1-6H3,(H2,19,20,21);1H. The van der Waals surface area contributed by atoms with Crippen molar-refractivity contribution < 1.29 is 4.79 Å². The lowest BCUT2D eigenvalue weighted by atomic mass is 9.85. The maximum absolute atomic E-state index is 12.6. The van der Waals surface area contributed by atoms with E-state index in [0.29, 0.717) is 12.0 Å². The maximum atomic E-state index is 12.6. The summed E-state index contributed by atoms with van der Waals surface area (Å²) in [5.41, 5.74) is 0.00771. The maximum Gasteiger partial charge on any atom is 0.230 e. The van der Waals surface area contributed by atoms with Gasteiger partial charge in [-0.15, -0.1) is 24.0 Å². The van der Waals surface area contributed by atoms with Crippen molar-refractivity contribution in [2.45, 2.75) is 59.8 Å². The van der Waals surface area contributed by atoms with Gasteiger partial charge in [0.25, 0.3) is 0 Å². The molecule has 1 fully saturated rings. The molecule has 0 saturated heterocycles. The van der Waals surface area contributed by atoms with E-state index < -0.39 is 0 Å². The first-order valence-electron chi connectivity index (χ1n) is 8.94. The minimum Gasteiger partial charge on any atom is -0.357 e. The average Bonchev–Trinajstić information content (AvgIpc) is 2.92. The number of amides is 1. The smallest absolute Gasteiger partial charge is 0.230 e. The lowest BCUT2D eigenvalue weighted by Gasteiger charge is -2.29. The van der Waals surface area contributed by atoms with Crippen LogP contribution in [0.2, 0.25) is 0 Å². The van der Waals surface area contributed by atoms with Gasteiger partial charge < -0.3 is 15.5 Å². The molecule has 1 aliphatic carbocycles. The number of carbonyl (C=O) groups excluding carboxylic acids is 1. The lowest BCUT2D eigenvalue weighted by Crippen LogP contribution is -2.43. The molecule has 5 nitrogen and oxygen atoms in total. The van der Waals surface area contributed by atoms with Crippen molar-refractivity contribution in [2.75, 3.05) is 33.7 Å². The molecule has 24 heavy (non-hydrogen) atoms. The van der Waals surface area contributed by atoms with Gasteiger partial charge in [-0.1, -0.05) is 33.6 Å². The van der Waals surface area contributed by atoms with Gasteiger partial charge in [-0.3, -0.25) is 9.79 Å². The molecule has 0 aromatic heterocycles. The minimum atomic E-state index is -0.296. The second-order valence-electron chi connectivity index (χ2n) is 8.12. The molecule has 1 rings (SSSR count). The van der Waals surface area contributed by atoms with Crippen LogP contribution in [0.3, 0.4) is 0 Å². The van der Waals surface area contributed by atoms with Gasteiger partial charge in [0, 0.05) is 27.2 Å². The van der Waals surface area contributed by atoms with Crippen LogP contribution in [0.15, 0.2) is 4.99 Å². The first-order chi connectivity index (χ1) is 10.7. The SMILES string of the molecule is CCNC(=NCC1(C(=O)N(C)C)CCCC1)NCCC(C)(C)C.I. The average molecular weight is 452 g/mol. The van der Waals surface area contributed by atoms with E-state index in [4.69, 9.17) is 4.99 Å². The second-order valence-corrected chi connectivity index (χ2v) is 8.12. The minimum absolute atomic E-state index is 0. The van der Waals surface area contributed by atoms with Crippen LogP contribution >= 0.6 is 24.0 Å². The highest BCUT2D eigenvalue weighted by atomic mass is 127. The molecular formula is C18H37IN4O. The van der Waals surface area contributed by atoms with Crippen molar-refractivity contribution in [1.29, 1.82) is 0 Å². The van der Waals surface area contributed by atoms with Crippen molar-refractivity contribution in [3.8, 4) is 0 Å². The van der Waals surface area contributed by atoms with E-state index in [2.05, 4.69) is 38.3 Å². The van der Waals surface area contributed by atoms with Crippen LogP contribution in [0, 0.1) is 10.8 Å². The first kappa shape index (κ1) is 23.5. The molecule has 142 valence electrons. The number of aliphatic imine (C=N–C) groups is 1. The predicted molar refractivity (Wildman–Crippen MR) is 113 cm³/mol. The molecule has 6 heteroatoms. The molecule has 0 bridgehead atoms. The number of nitrogens with one attached hydrogen (secondary N) is 2. The highest BCUT2D eigenvalue weighted by Gasteiger charge is 2.42. The van der Waals surface area contributed by atoms with Crippen LogP contribution in [0.4, 0.5) is 0 Å². The van der Waals surface area contributed by atoms with E-state index in [1.165, 1.54) is 0 Å². The molecule has 0 atom stereocenters. The summed E-state index contributed by atoms with van der Waals surface area (Å²) in [5, 5.41) is 6.69. The molecular weight excluding hydrogens is 415 g/mol. The third kappa shape index (κ3) is 7.57. The van der Waals surface area contributed by atoms with Gasteiger partial charge in [-0.25, -0.2) is 0 Å². The van der Waals surface area contributed by atoms with Crippen LogP contribution in [0.1, 0.15) is 59.8 Å². The Kier molecular flexibility index (Phi) is 10.2. The molecule has 0 spiro atoms. The zero-order chi connectivity index (χ0) is 17.5. The molecule has 2 N–H and O–H groups in total. The van der Waals surface area contributed by atoms with E-state index in [1.807, 2.05) is 14.1 Å². The van der Waals surface area contributed by atoms with Gasteiger partial charge in [0.05, 0.1) is 12.0 Å². The van der Waals surface area contributed by atoms with Crippen molar-refractivity contribution >= 4 is 35.8 Å². The fourth-order valence-electron chi connectivity index (χ4n) is 3.09. The van der Waals surface area contributed by atoms with E-state index in [-0.39, 0.29) is 35.3 Å². The molecule has 0 aromatic carbocycles. The Morgan fingerprint density at radius 2 is 1.75 bits per heavy atom. The highest BCUT2D eigenvalue weighted by Crippen LogP contribution is 2.39. The number of halogens is 1. The zero-order valence-corrected chi connectivity index (χ0v) is 18.7. The van der Waals surface area contributed by atoms with Gasteiger partial charge >= 0.3 is 0 Å². The molecule has 1 amide bonds. The summed E-state index contributed by atoms with van der Waals surface area (Å²) >= 11 is 0. The number of hydrogen-bond acceptors (Lipinski definition) is 2. The Balaban J connectivity index is 0.00000529. The van der Waals surface area contributed by atoms with Crippen molar-refractivity contribution in [3.63, 3.8) is 0 Å². The summed E-state index contributed by atoms with van der Waals surface area (Å²) in [4.78, 5) is 19.1. The van der Waals surface area contributed by atoms with Gasteiger partial charge in [-0.2, -0.15) is 0 Å². The summed E-state index contributed by atoms with van der Waals surface area (Å²) in [6, 6.07) is 0. The van der Waals surface area contributed by atoms with E-state index in [1.54, 1.807) is 4.90 Å². The Morgan fingerprint density at radius 3 is 2.21 bits per heavy atom. The van der Waals surface area contributed by atoms with Crippen LogP contribution in [0.25, 0.3) is 0 Å². The normalized spacial score (nSPS) is 17.2. The van der Waals surface area contributed by atoms with Gasteiger partial charge in [0.15, 0.2) is 5.96 Å². The summed E-state index contributed by atoms with van der Waals surface area (Å²) < 4.78 is 0. The molecule has 0 aromatic rings. The Bertz CT molecular complexity index is 410. The Labute approximate surface area is 165 Å². The van der Waals surface area contributed by atoms with Crippen LogP contribution in [-0.2, 0) is 4.79 Å². The fourth-order valence-corrected chi connectivity index (χ4v) is 3.09. The van der Waals surface area contributed by atoms with Crippen LogP contribution < -0.4 is 10.6 Å². The van der Waals surface area contributed by atoms with Crippen LogP contribution in [-0.4, -0.2) is 50.5 Å². The third-order valence-corrected chi connectivity index (χ3v) is 4.47. The van der Waals surface area contributed by atoms with E-state index in [0.717, 1.165) is 51.2 Å².